The zero-order valence-corrected chi connectivity index (χ0v) is 8.23. The van der Waals surface area contributed by atoms with Crippen LogP contribution in [0.5, 0.6) is 5.75 Å². The molecule has 0 atom stereocenters. The Bertz CT molecular complexity index is 497. The van der Waals surface area contributed by atoms with Gasteiger partial charge in [0.15, 0.2) is 6.29 Å². The molecule has 3 nitrogen and oxygen atoms in total. The van der Waals surface area contributed by atoms with Crippen molar-refractivity contribution in [3.05, 3.63) is 41.7 Å². The van der Waals surface area contributed by atoms with Crippen LogP contribution in [0.2, 0.25) is 0 Å². The van der Waals surface area contributed by atoms with Crippen molar-refractivity contribution >= 4 is 6.29 Å². The van der Waals surface area contributed by atoms with Crippen LogP contribution in [-0.4, -0.2) is 11.4 Å². The number of aldehydes is 1. The highest BCUT2D eigenvalue weighted by Crippen LogP contribution is 2.26. The lowest BCUT2D eigenvalue weighted by atomic mass is 10.1. The van der Waals surface area contributed by atoms with E-state index in [1.54, 1.807) is 12.1 Å². The van der Waals surface area contributed by atoms with E-state index in [0.717, 1.165) is 11.3 Å². The van der Waals surface area contributed by atoms with Gasteiger partial charge in [0.2, 0.25) is 0 Å². The molecule has 2 rings (SSSR count). The number of aromatic hydroxyl groups is 1. The molecule has 3 heteroatoms. The largest absolute Gasteiger partial charge is 0.507 e. The van der Waals surface area contributed by atoms with Crippen LogP contribution in [0, 0.1) is 6.92 Å². The number of phenols is 1. The number of hydrogen-bond acceptors (Lipinski definition) is 3. The summed E-state index contributed by atoms with van der Waals surface area (Å²) in [6.07, 6.45) is 0.620. The molecule has 1 heterocycles. The molecular formula is C12H10O3. The Morgan fingerprint density at radius 3 is 2.67 bits per heavy atom. The second-order valence-corrected chi connectivity index (χ2v) is 3.30. The number of phenolic OH excluding ortho intramolecular Hbond substituents is 1. The summed E-state index contributed by atoms with van der Waals surface area (Å²) in [5.41, 5.74) is 1.05. The van der Waals surface area contributed by atoms with E-state index in [2.05, 4.69) is 0 Å². The van der Waals surface area contributed by atoms with Gasteiger partial charge in [0.25, 0.3) is 0 Å². The minimum atomic E-state index is -0.0166. The van der Waals surface area contributed by atoms with Crippen molar-refractivity contribution in [2.24, 2.45) is 0 Å². The van der Waals surface area contributed by atoms with E-state index >= 15 is 0 Å². The second-order valence-electron chi connectivity index (χ2n) is 3.30. The Labute approximate surface area is 87.0 Å². The first-order valence-corrected chi connectivity index (χ1v) is 4.55. The van der Waals surface area contributed by atoms with E-state index in [0.29, 0.717) is 12.0 Å². The molecule has 0 spiro atoms. The average molecular weight is 202 g/mol. The molecule has 15 heavy (non-hydrogen) atoms. The molecule has 0 aliphatic rings. The van der Waals surface area contributed by atoms with E-state index in [-0.39, 0.29) is 11.3 Å². The molecule has 0 saturated heterocycles. The maximum absolute atomic E-state index is 10.6. The van der Waals surface area contributed by atoms with E-state index in [1.165, 1.54) is 6.07 Å². The smallest absolute Gasteiger partial charge is 0.153 e. The van der Waals surface area contributed by atoms with Gasteiger partial charge in [-0.1, -0.05) is 0 Å². The van der Waals surface area contributed by atoms with Crippen LogP contribution in [0.25, 0.3) is 11.3 Å². The molecule has 0 aliphatic heterocycles. The molecule has 1 N–H and O–H groups in total. The fourth-order valence-electron chi connectivity index (χ4n) is 1.39. The third-order valence-corrected chi connectivity index (χ3v) is 2.18. The first-order chi connectivity index (χ1) is 7.20. The molecule has 0 bridgehead atoms. The van der Waals surface area contributed by atoms with Crippen molar-refractivity contribution in [1.29, 1.82) is 0 Å². The van der Waals surface area contributed by atoms with Gasteiger partial charge >= 0.3 is 0 Å². The highest BCUT2D eigenvalue weighted by atomic mass is 16.3. The molecule has 0 radical (unpaired) electrons. The predicted octanol–water partition coefficient (Wildman–Crippen LogP) is 2.77. The quantitative estimate of drug-likeness (QED) is 0.762. The monoisotopic (exact) mass is 202 g/mol. The first kappa shape index (κ1) is 9.52. The Hall–Kier alpha value is -2.03. The zero-order chi connectivity index (χ0) is 10.8. The fourth-order valence-corrected chi connectivity index (χ4v) is 1.39. The third-order valence-electron chi connectivity index (χ3n) is 2.18. The molecule has 0 amide bonds. The van der Waals surface area contributed by atoms with E-state index in [9.17, 15) is 9.90 Å². The summed E-state index contributed by atoms with van der Waals surface area (Å²) in [5.74, 6) is 1.48. The van der Waals surface area contributed by atoms with Crippen molar-refractivity contribution in [3.63, 3.8) is 0 Å². The predicted molar refractivity (Wildman–Crippen MR) is 55.9 cm³/mol. The highest BCUT2D eigenvalue weighted by molar-refractivity contribution is 5.82. The maximum atomic E-state index is 10.6. The number of furan rings is 1. The van der Waals surface area contributed by atoms with Gasteiger partial charge in [0.1, 0.15) is 17.3 Å². The first-order valence-electron chi connectivity index (χ1n) is 4.55. The van der Waals surface area contributed by atoms with Gasteiger partial charge in [-0.25, -0.2) is 0 Å². The van der Waals surface area contributed by atoms with Crippen molar-refractivity contribution < 1.29 is 14.3 Å². The van der Waals surface area contributed by atoms with E-state index in [1.807, 2.05) is 19.1 Å². The minimum Gasteiger partial charge on any atom is -0.507 e. The molecule has 76 valence electrons. The molecule has 0 unspecified atom stereocenters. The summed E-state index contributed by atoms with van der Waals surface area (Å²) < 4.78 is 5.41. The number of benzene rings is 1. The van der Waals surface area contributed by atoms with Crippen LogP contribution in [0.4, 0.5) is 0 Å². The number of rotatable bonds is 2. The SMILES string of the molecule is Cc1ccc(-c2ccc(O)c(C=O)c2)o1. The second kappa shape index (κ2) is 3.61. The van der Waals surface area contributed by atoms with Crippen LogP contribution in [-0.2, 0) is 0 Å². The Kier molecular flexibility index (Phi) is 2.29. The van der Waals surface area contributed by atoms with Crippen molar-refractivity contribution in [2.75, 3.05) is 0 Å². The van der Waals surface area contributed by atoms with E-state index in [4.69, 9.17) is 4.42 Å². The topological polar surface area (TPSA) is 50.4 Å². The van der Waals surface area contributed by atoms with Crippen LogP contribution >= 0.6 is 0 Å². The van der Waals surface area contributed by atoms with Crippen molar-refractivity contribution in [2.45, 2.75) is 6.92 Å². The van der Waals surface area contributed by atoms with Gasteiger partial charge < -0.3 is 9.52 Å². The summed E-state index contributed by atoms with van der Waals surface area (Å²) in [4.78, 5) is 10.6. The molecular weight excluding hydrogens is 192 g/mol. The van der Waals surface area contributed by atoms with Gasteiger partial charge in [-0.05, 0) is 37.3 Å². The van der Waals surface area contributed by atoms with Crippen LogP contribution < -0.4 is 0 Å². The maximum Gasteiger partial charge on any atom is 0.153 e. The fraction of sp³-hybridized carbons (Fsp3) is 0.0833. The molecule has 1 aromatic carbocycles. The summed E-state index contributed by atoms with van der Waals surface area (Å²) in [5, 5.41) is 9.33. The van der Waals surface area contributed by atoms with E-state index < -0.39 is 0 Å². The third kappa shape index (κ3) is 1.76. The normalized spacial score (nSPS) is 10.2. The standard InChI is InChI=1S/C12H10O3/c1-8-2-5-12(15-8)9-3-4-11(14)10(6-9)7-13/h2-7,14H,1H3. The molecule has 2 aromatic rings. The number of carbonyl (C=O) groups is 1. The van der Waals surface area contributed by atoms with Crippen LogP contribution in [0.3, 0.4) is 0 Å². The van der Waals surface area contributed by atoms with Gasteiger partial charge in [0, 0.05) is 5.56 Å². The number of hydrogen-bond donors (Lipinski definition) is 1. The minimum absolute atomic E-state index is 0.0166. The lowest BCUT2D eigenvalue weighted by molar-refractivity contribution is 0.112. The van der Waals surface area contributed by atoms with Crippen LogP contribution in [0.15, 0.2) is 34.7 Å². The summed E-state index contributed by atoms with van der Waals surface area (Å²) >= 11 is 0. The Morgan fingerprint density at radius 1 is 1.27 bits per heavy atom. The molecule has 0 aliphatic carbocycles. The Balaban J connectivity index is 2.50. The summed E-state index contributed by atoms with van der Waals surface area (Å²) in [6, 6.07) is 8.47. The molecule has 0 saturated carbocycles. The number of aryl methyl sites for hydroxylation is 1. The number of carbonyl (C=O) groups excluding carboxylic acids is 1. The average Bonchev–Trinajstić information content (AvgIpc) is 2.66. The van der Waals surface area contributed by atoms with Gasteiger partial charge in [-0.2, -0.15) is 0 Å². The van der Waals surface area contributed by atoms with Gasteiger partial charge in [-0.3, -0.25) is 4.79 Å². The van der Waals surface area contributed by atoms with Gasteiger partial charge in [-0.15, -0.1) is 0 Å². The lowest BCUT2D eigenvalue weighted by Crippen LogP contribution is -1.82. The highest BCUT2D eigenvalue weighted by Gasteiger charge is 2.06. The summed E-state index contributed by atoms with van der Waals surface area (Å²) in [6.45, 7) is 1.85. The Morgan fingerprint density at radius 2 is 2.07 bits per heavy atom. The molecule has 1 aromatic heterocycles. The zero-order valence-electron chi connectivity index (χ0n) is 8.23. The lowest BCUT2D eigenvalue weighted by Gasteiger charge is -2.00. The molecule has 0 fully saturated rings. The summed E-state index contributed by atoms with van der Waals surface area (Å²) in [7, 11) is 0. The van der Waals surface area contributed by atoms with Gasteiger partial charge in [0.05, 0.1) is 5.56 Å². The van der Waals surface area contributed by atoms with Crippen LogP contribution in [0.1, 0.15) is 16.1 Å². The van der Waals surface area contributed by atoms with Crippen molar-refractivity contribution in [3.8, 4) is 17.1 Å². The van der Waals surface area contributed by atoms with Crippen molar-refractivity contribution in [1.82, 2.24) is 0 Å².